The van der Waals surface area contributed by atoms with E-state index < -0.39 is 0 Å². The highest BCUT2D eigenvalue weighted by Gasteiger charge is 2.20. The number of anilines is 2. The molecule has 2 aromatic carbocycles. The fourth-order valence-corrected chi connectivity index (χ4v) is 3.43. The van der Waals surface area contributed by atoms with Crippen LogP contribution in [0.15, 0.2) is 65.9 Å². The van der Waals surface area contributed by atoms with E-state index in [1.165, 1.54) is 5.56 Å². The van der Waals surface area contributed by atoms with Crippen molar-refractivity contribution in [2.75, 3.05) is 23.7 Å². The topological polar surface area (TPSA) is 98.7 Å². The van der Waals surface area contributed by atoms with Crippen LogP contribution in [0.25, 0.3) is 0 Å². The molecule has 0 spiro atoms. The van der Waals surface area contributed by atoms with Crippen molar-refractivity contribution in [3.8, 4) is 18.2 Å². The minimum atomic E-state index is -0.225. The lowest BCUT2D eigenvalue weighted by molar-refractivity contribution is 0.211. The first kappa shape index (κ1) is 20.0. The van der Waals surface area contributed by atoms with E-state index in [-0.39, 0.29) is 11.3 Å². The quantitative estimate of drug-likeness (QED) is 0.733. The van der Waals surface area contributed by atoms with Gasteiger partial charge in [0.2, 0.25) is 0 Å². The summed E-state index contributed by atoms with van der Waals surface area (Å²) >= 11 is 0. The first-order valence-corrected chi connectivity index (χ1v) is 9.57. The Morgan fingerprint density at radius 2 is 1.48 bits per heavy atom. The van der Waals surface area contributed by atoms with Crippen molar-refractivity contribution in [1.29, 1.82) is 15.8 Å². The summed E-state index contributed by atoms with van der Waals surface area (Å²) < 4.78 is 0. The van der Waals surface area contributed by atoms with E-state index in [0.29, 0.717) is 11.7 Å². The van der Waals surface area contributed by atoms with Gasteiger partial charge in [-0.25, -0.2) is 0 Å². The maximum atomic E-state index is 9.28. The number of nitriles is 3. The Kier molecular flexibility index (Phi) is 6.85. The standard InChI is InChI=1S/C23H22N6/c24-14-19(15-25)23(16-26)28-22-9-5-4-8-21(22)27-20-10-12-29(13-11-20)17-18-6-2-1-3-7-18/h1-9,20,27-28H,10-13,17H2. The third-order valence-corrected chi connectivity index (χ3v) is 4.97. The molecule has 1 aliphatic rings. The van der Waals surface area contributed by atoms with Crippen molar-refractivity contribution in [2.24, 2.45) is 0 Å². The molecule has 6 nitrogen and oxygen atoms in total. The Bertz CT molecular complexity index is 967. The Morgan fingerprint density at radius 1 is 0.862 bits per heavy atom. The van der Waals surface area contributed by atoms with Crippen LogP contribution in [-0.4, -0.2) is 24.0 Å². The molecule has 29 heavy (non-hydrogen) atoms. The van der Waals surface area contributed by atoms with Crippen molar-refractivity contribution in [1.82, 2.24) is 4.90 Å². The van der Waals surface area contributed by atoms with Gasteiger partial charge >= 0.3 is 0 Å². The van der Waals surface area contributed by atoms with E-state index in [0.717, 1.165) is 38.2 Å². The lowest BCUT2D eigenvalue weighted by Gasteiger charge is -2.33. The molecule has 1 fully saturated rings. The molecule has 1 saturated heterocycles. The van der Waals surface area contributed by atoms with E-state index >= 15 is 0 Å². The minimum Gasteiger partial charge on any atom is -0.381 e. The van der Waals surface area contributed by atoms with Gasteiger partial charge in [0.1, 0.15) is 23.9 Å². The molecule has 0 radical (unpaired) electrons. The first-order valence-electron chi connectivity index (χ1n) is 9.57. The van der Waals surface area contributed by atoms with Crippen LogP contribution < -0.4 is 10.6 Å². The molecule has 0 aliphatic carbocycles. The van der Waals surface area contributed by atoms with Crippen LogP contribution in [0.4, 0.5) is 11.4 Å². The largest absolute Gasteiger partial charge is 0.381 e. The Balaban J connectivity index is 1.62. The number of rotatable bonds is 6. The molecule has 0 aromatic heterocycles. The van der Waals surface area contributed by atoms with Crippen LogP contribution in [0.1, 0.15) is 18.4 Å². The molecule has 3 rings (SSSR count). The molecule has 2 N–H and O–H groups in total. The number of hydrogen-bond donors (Lipinski definition) is 2. The lowest BCUT2D eigenvalue weighted by atomic mass is 10.0. The van der Waals surface area contributed by atoms with Crippen LogP contribution in [-0.2, 0) is 6.54 Å². The molecule has 1 heterocycles. The van der Waals surface area contributed by atoms with Crippen LogP contribution >= 0.6 is 0 Å². The highest BCUT2D eigenvalue weighted by Crippen LogP contribution is 2.26. The number of nitrogens with zero attached hydrogens (tertiary/aromatic N) is 4. The van der Waals surface area contributed by atoms with Crippen molar-refractivity contribution >= 4 is 11.4 Å². The second-order valence-electron chi connectivity index (χ2n) is 6.94. The van der Waals surface area contributed by atoms with Gasteiger partial charge in [-0.1, -0.05) is 42.5 Å². The van der Waals surface area contributed by atoms with Crippen molar-refractivity contribution in [3.63, 3.8) is 0 Å². The minimum absolute atomic E-state index is 0.0399. The zero-order chi connectivity index (χ0) is 20.5. The molecule has 2 aromatic rings. The van der Waals surface area contributed by atoms with Gasteiger partial charge in [-0.3, -0.25) is 4.90 Å². The number of para-hydroxylation sites is 2. The zero-order valence-corrected chi connectivity index (χ0v) is 16.1. The van der Waals surface area contributed by atoms with Crippen molar-refractivity contribution in [2.45, 2.75) is 25.4 Å². The molecular weight excluding hydrogens is 360 g/mol. The number of piperidine rings is 1. The number of likely N-dealkylation sites (tertiary alicyclic amines) is 1. The Morgan fingerprint density at radius 3 is 2.10 bits per heavy atom. The molecule has 0 atom stereocenters. The molecular formula is C23H22N6. The van der Waals surface area contributed by atoms with Crippen LogP contribution in [0.5, 0.6) is 0 Å². The lowest BCUT2D eigenvalue weighted by Crippen LogP contribution is -2.38. The summed E-state index contributed by atoms with van der Waals surface area (Å²) in [5.74, 6) is 0. The maximum Gasteiger partial charge on any atom is 0.163 e. The third-order valence-electron chi connectivity index (χ3n) is 4.97. The fourth-order valence-electron chi connectivity index (χ4n) is 3.43. The highest BCUT2D eigenvalue weighted by atomic mass is 15.1. The SMILES string of the molecule is N#CC(C#N)=C(C#N)Nc1ccccc1NC1CCN(Cc2ccccc2)CC1. The third kappa shape index (κ3) is 5.36. The second kappa shape index (κ2) is 9.95. The summed E-state index contributed by atoms with van der Waals surface area (Å²) in [6.07, 6.45) is 2.04. The van der Waals surface area contributed by atoms with Gasteiger partial charge in [0.05, 0.1) is 11.4 Å². The molecule has 0 bridgehead atoms. The Hall–Kier alpha value is -3.79. The Labute approximate surface area is 171 Å². The van der Waals surface area contributed by atoms with Gasteiger partial charge in [0, 0.05) is 25.7 Å². The maximum absolute atomic E-state index is 9.28. The fraction of sp³-hybridized carbons (Fsp3) is 0.261. The summed E-state index contributed by atoms with van der Waals surface area (Å²) in [6.45, 7) is 2.99. The van der Waals surface area contributed by atoms with Gasteiger partial charge in [0.25, 0.3) is 0 Å². The van der Waals surface area contributed by atoms with Gasteiger partial charge in [0.15, 0.2) is 5.57 Å². The smallest absolute Gasteiger partial charge is 0.163 e. The van der Waals surface area contributed by atoms with Gasteiger partial charge in [-0.2, -0.15) is 15.8 Å². The average molecular weight is 382 g/mol. The number of hydrogen-bond acceptors (Lipinski definition) is 6. The number of nitrogens with one attached hydrogen (secondary N) is 2. The number of allylic oxidation sites excluding steroid dienone is 2. The van der Waals surface area contributed by atoms with Crippen LogP contribution in [0.2, 0.25) is 0 Å². The molecule has 0 saturated carbocycles. The molecule has 0 amide bonds. The van der Waals surface area contributed by atoms with E-state index in [4.69, 9.17) is 10.5 Å². The van der Waals surface area contributed by atoms with Gasteiger partial charge in [-0.15, -0.1) is 0 Å². The van der Waals surface area contributed by atoms with E-state index in [2.05, 4.69) is 39.8 Å². The molecule has 1 aliphatic heterocycles. The number of benzene rings is 2. The predicted molar refractivity (Wildman–Crippen MR) is 112 cm³/mol. The monoisotopic (exact) mass is 382 g/mol. The summed E-state index contributed by atoms with van der Waals surface area (Å²) in [5.41, 5.74) is 2.60. The molecule has 6 heteroatoms. The summed E-state index contributed by atoms with van der Waals surface area (Å²) in [6, 6.07) is 23.8. The summed E-state index contributed by atoms with van der Waals surface area (Å²) in [7, 11) is 0. The van der Waals surface area contributed by atoms with Crippen LogP contribution in [0, 0.1) is 34.0 Å². The first-order chi connectivity index (χ1) is 14.2. The van der Waals surface area contributed by atoms with Gasteiger partial charge < -0.3 is 10.6 Å². The second-order valence-corrected chi connectivity index (χ2v) is 6.94. The normalized spacial score (nSPS) is 14.1. The zero-order valence-electron chi connectivity index (χ0n) is 16.1. The van der Waals surface area contributed by atoms with Crippen LogP contribution in [0.3, 0.4) is 0 Å². The van der Waals surface area contributed by atoms with E-state index in [9.17, 15) is 5.26 Å². The average Bonchev–Trinajstić information content (AvgIpc) is 2.77. The van der Waals surface area contributed by atoms with Crippen molar-refractivity contribution < 1.29 is 0 Å². The highest BCUT2D eigenvalue weighted by molar-refractivity contribution is 5.73. The molecule has 0 unspecified atom stereocenters. The summed E-state index contributed by atoms with van der Waals surface area (Å²) in [4.78, 5) is 2.46. The van der Waals surface area contributed by atoms with Crippen molar-refractivity contribution in [3.05, 3.63) is 71.4 Å². The predicted octanol–water partition coefficient (Wildman–Crippen LogP) is 4.00. The van der Waals surface area contributed by atoms with E-state index in [1.807, 2.05) is 36.4 Å². The van der Waals surface area contributed by atoms with E-state index in [1.54, 1.807) is 12.1 Å². The molecule has 144 valence electrons. The van der Waals surface area contributed by atoms with Gasteiger partial charge in [-0.05, 0) is 30.5 Å². The summed E-state index contributed by atoms with van der Waals surface area (Å²) in [5, 5.41) is 33.8.